The molecule has 0 fully saturated rings. The highest BCUT2D eigenvalue weighted by Gasteiger charge is 2.06. The third-order valence-corrected chi connectivity index (χ3v) is 2.66. The lowest BCUT2D eigenvalue weighted by atomic mass is 10.5. The van der Waals surface area contributed by atoms with E-state index in [-0.39, 0.29) is 0 Å². The normalized spacial score (nSPS) is 10.8. The lowest BCUT2D eigenvalue weighted by Crippen LogP contribution is -2.05. The van der Waals surface area contributed by atoms with Crippen LogP contribution in [0.25, 0.3) is 0 Å². The first kappa shape index (κ1) is 13.3. The Morgan fingerprint density at radius 3 is 2.75 bits per heavy atom. The second-order valence-electron chi connectivity index (χ2n) is 3.64. The summed E-state index contributed by atoms with van der Waals surface area (Å²) in [6.45, 7) is 7.65. The maximum Gasteiger partial charge on any atom is 0.157 e. The van der Waals surface area contributed by atoms with E-state index >= 15 is 0 Å². The summed E-state index contributed by atoms with van der Waals surface area (Å²) in [6, 6.07) is 1.98. The number of hydrogen-bond acceptors (Lipinski definition) is 5. The molecular formula is C11H19N3OS. The largest absolute Gasteiger partial charge is 0.377 e. The highest BCUT2D eigenvalue weighted by molar-refractivity contribution is 7.99. The van der Waals surface area contributed by atoms with Gasteiger partial charge < -0.3 is 10.1 Å². The number of methoxy groups -OCH3 is 1. The molecular weight excluding hydrogens is 222 g/mol. The lowest BCUT2D eigenvalue weighted by Gasteiger charge is -2.09. The minimum atomic E-state index is 0.449. The second kappa shape index (κ2) is 6.70. The molecule has 16 heavy (non-hydrogen) atoms. The van der Waals surface area contributed by atoms with Crippen molar-refractivity contribution in [2.45, 2.75) is 37.7 Å². The summed E-state index contributed by atoms with van der Waals surface area (Å²) in [6.07, 6.45) is 0. The average Bonchev–Trinajstić information content (AvgIpc) is 2.17. The Bertz CT molecular complexity index is 307. The number of nitrogens with one attached hydrogen (secondary N) is 1. The van der Waals surface area contributed by atoms with E-state index in [9.17, 15) is 0 Å². The number of nitrogens with zero attached hydrogens (tertiary/aromatic N) is 2. The van der Waals surface area contributed by atoms with E-state index < -0.39 is 0 Å². The van der Waals surface area contributed by atoms with Gasteiger partial charge in [0.1, 0.15) is 17.5 Å². The van der Waals surface area contributed by atoms with Crippen LogP contribution in [-0.2, 0) is 11.3 Å². The molecule has 0 amide bonds. The van der Waals surface area contributed by atoms with Crippen LogP contribution in [0.3, 0.4) is 0 Å². The van der Waals surface area contributed by atoms with Crippen molar-refractivity contribution in [2.24, 2.45) is 0 Å². The topological polar surface area (TPSA) is 47.0 Å². The van der Waals surface area contributed by atoms with Crippen LogP contribution in [0, 0.1) is 0 Å². The summed E-state index contributed by atoms with van der Waals surface area (Å²) >= 11 is 1.73. The molecule has 1 N–H and O–H groups in total. The van der Waals surface area contributed by atoms with E-state index in [1.54, 1.807) is 18.9 Å². The zero-order chi connectivity index (χ0) is 12.0. The van der Waals surface area contributed by atoms with Gasteiger partial charge in [-0.2, -0.15) is 0 Å². The highest BCUT2D eigenvalue weighted by Crippen LogP contribution is 2.22. The number of hydrogen-bond donors (Lipinski definition) is 1. The molecule has 90 valence electrons. The minimum absolute atomic E-state index is 0.449. The van der Waals surface area contributed by atoms with Crippen LogP contribution in [0.15, 0.2) is 11.1 Å². The van der Waals surface area contributed by atoms with E-state index in [1.807, 2.05) is 13.0 Å². The number of thioether (sulfide) groups is 1. The number of aromatic nitrogens is 2. The van der Waals surface area contributed by atoms with Crippen molar-refractivity contribution in [3.63, 3.8) is 0 Å². The van der Waals surface area contributed by atoms with Crippen molar-refractivity contribution in [1.82, 2.24) is 9.97 Å². The zero-order valence-electron chi connectivity index (χ0n) is 10.3. The Morgan fingerprint density at radius 1 is 1.44 bits per heavy atom. The van der Waals surface area contributed by atoms with Crippen LogP contribution in [-0.4, -0.2) is 28.9 Å². The number of ether oxygens (including phenoxy) is 1. The van der Waals surface area contributed by atoms with E-state index in [2.05, 4.69) is 29.1 Å². The van der Waals surface area contributed by atoms with Gasteiger partial charge in [0.25, 0.3) is 0 Å². The SMILES string of the molecule is CCNc1cc(SC(C)C)nc(COC)n1. The van der Waals surface area contributed by atoms with Gasteiger partial charge in [0.2, 0.25) is 0 Å². The molecule has 0 spiro atoms. The van der Waals surface area contributed by atoms with Crippen molar-refractivity contribution < 1.29 is 4.74 Å². The van der Waals surface area contributed by atoms with Gasteiger partial charge in [0.05, 0.1) is 0 Å². The fourth-order valence-electron chi connectivity index (χ4n) is 1.24. The van der Waals surface area contributed by atoms with Crippen LogP contribution >= 0.6 is 11.8 Å². The molecule has 0 aliphatic rings. The Balaban J connectivity index is 2.88. The molecule has 0 aliphatic heterocycles. The molecule has 1 aromatic rings. The Labute approximate surface area is 101 Å². The van der Waals surface area contributed by atoms with Crippen molar-refractivity contribution in [2.75, 3.05) is 19.0 Å². The fourth-order valence-corrected chi connectivity index (χ4v) is 2.06. The monoisotopic (exact) mass is 241 g/mol. The van der Waals surface area contributed by atoms with Crippen LogP contribution in [0.2, 0.25) is 0 Å². The Hall–Kier alpha value is -0.810. The van der Waals surface area contributed by atoms with E-state index in [4.69, 9.17) is 4.74 Å². The third-order valence-electron chi connectivity index (χ3n) is 1.74. The van der Waals surface area contributed by atoms with Crippen molar-refractivity contribution in [1.29, 1.82) is 0 Å². The van der Waals surface area contributed by atoms with Crippen LogP contribution in [0.1, 0.15) is 26.6 Å². The van der Waals surface area contributed by atoms with E-state index in [0.717, 1.165) is 23.2 Å². The first-order valence-corrected chi connectivity index (χ1v) is 6.31. The molecule has 0 saturated carbocycles. The van der Waals surface area contributed by atoms with Crippen LogP contribution in [0.4, 0.5) is 5.82 Å². The van der Waals surface area contributed by atoms with E-state index in [0.29, 0.717) is 11.9 Å². The first-order valence-electron chi connectivity index (χ1n) is 5.43. The zero-order valence-corrected chi connectivity index (χ0v) is 11.1. The maximum absolute atomic E-state index is 5.06. The number of anilines is 1. The highest BCUT2D eigenvalue weighted by atomic mass is 32.2. The van der Waals surface area contributed by atoms with Crippen LogP contribution < -0.4 is 5.32 Å². The lowest BCUT2D eigenvalue weighted by molar-refractivity contribution is 0.177. The molecule has 0 aliphatic carbocycles. The maximum atomic E-state index is 5.06. The van der Waals surface area contributed by atoms with Crippen molar-refractivity contribution in [3.8, 4) is 0 Å². The Kier molecular flexibility index (Phi) is 5.55. The van der Waals surface area contributed by atoms with Gasteiger partial charge >= 0.3 is 0 Å². The molecule has 4 nitrogen and oxygen atoms in total. The molecule has 0 bridgehead atoms. The summed E-state index contributed by atoms with van der Waals surface area (Å²) in [5, 5.41) is 4.71. The quantitative estimate of drug-likeness (QED) is 0.612. The molecule has 0 aromatic carbocycles. The van der Waals surface area contributed by atoms with Crippen LogP contribution in [0.5, 0.6) is 0 Å². The predicted octanol–water partition coefficient (Wildman–Crippen LogP) is 2.56. The summed E-state index contributed by atoms with van der Waals surface area (Å²) in [5.74, 6) is 1.59. The smallest absolute Gasteiger partial charge is 0.157 e. The molecule has 0 saturated heterocycles. The standard InChI is InChI=1S/C11H19N3OS/c1-5-12-9-6-11(16-8(2)3)14-10(13-9)7-15-4/h6,8H,5,7H2,1-4H3,(H,12,13,14). The third kappa shape index (κ3) is 4.37. The van der Waals surface area contributed by atoms with Gasteiger partial charge in [-0.1, -0.05) is 13.8 Å². The van der Waals surface area contributed by atoms with Gasteiger partial charge in [0.15, 0.2) is 5.82 Å². The van der Waals surface area contributed by atoms with Crippen molar-refractivity contribution >= 4 is 17.6 Å². The van der Waals surface area contributed by atoms with Gasteiger partial charge in [0, 0.05) is 25.0 Å². The summed E-state index contributed by atoms with van der Waals surface area (Å²) in [4.78, 5) is 8.79. The molecule has 1 aromatic heterocycles. The molecule has 1 rings (SSSR count). The molecule has 0 atom stereocenters. The first-order chi connectivity index (χ1) is 7.65. The van der Waals surface area contributed by atoms with Gasteiger partial charge in [-0.05, 0) is 6.92 Å². The van der Waals surface area contributed by atoms with Gasteiger partial charge in [-0.15, -0.1) is 11.8 Å². The minimum Gasteiger partial charge on any atom is -0.377 e. The number of rotatable bonds is 6. The van der Waals surface area contributed by atoms with E-state index in [1.165, 1.54) is 0 Å². The molecule has 5 heteroatoms. The summed E-state index contributed by atoms with van der Waals surface area (Å²) in [7, 11) is 1.65. The second-order valence-corrected chi connectivity index (χ2v) is 5.23. The van der Waals surface area contributed by atoms with Gasteiger partial charge in [-0.25, -0.2) is 9.97 Å². The molecule has 0 radical (unpaired) electrons. The summed E-state index contributed by atoms with van der Waals surface area (Å²) < 4.78 is 5.06. The molecule has 0 unspecified atom stereocenters. The average molecular weight is 241 g/mol. The van der Waals surface area contributed by atoms with Crippen molar-refractivity contribution in [3.05, 3.63) is 11.9 Å². The Morgan fingerprint density at radius 2 is 2.19 bits per heavy atom. The molecule has 1 heterocycles. The fraction of sp³-hybridized carbons (Fsp3) is 0.636. The van der Waals surface area contributed by atoms with Gasteiger partial charge in [-0.3, -0.25) is 0 Å². The predicted molar refractivity (Wildman–Crippen MR) is 67.9 cm³/mol. The summed E-state index contributed by atoms with van der Waals surface area (Å²) in [5.41, 5.74) is 0.